The van der Waals surface area contributed by atoms with Gasteiger partial charge in [-0.2, -0.15) is 0 Å². The first kappa shape index (κ1) is 10.4. The second kappa shape index (κ2) is 4.50. The van der Waals surface area contributed by atoms with Crippen molar-refractivity contribution >= 4 is 31.1 Å². The van der Waals surface area contributed by atoms with Crippen molar-refractivity contribution in [3.8, 4) is 11.5 Å². The fourth-order valence-corrected chi connectivity index (χ4v) is 1.71. The van der Waals surface area contributed by atoms with Gasteiger partial charge in [0.25, 0.3) is 0 Å². The van der Waals surface area contributed by atoms with Gasteiger partial charge in [-0.3, -0.25) is 0 Å². The zero-order valence-corrected chi connectivity index (χ0v) is 10.8. The molecule has 0 bridgehead atoms. The van der Waals surface area contributed by atoms with E-state index in [2.05, 4.69) is 33.9 Å². The molecule has 0 aromatic heterocycles. The fourth-order valence-electron chi connectivity index (χ4n) is 0.996. The van der Waals surface area contributed by atoms with Gasteiger partial charge in [0, 0.05) is 15.7 Å². The van der Waals surface area contributed by atoms with E-state index in [0.717, 1.165) is 21.3 Å². The molecule has 0 aliphatic carbocycles. The zero-order chi connectivity index (χ0) is 9.84. The minimum atomic E-state index is -0.200. The van der Waals surface area contributed by atoms with Crippen LogP contribution in [-0.4, -0.2) is 9.52 Å². The first-order valence-electron chi connectivity index (χ1n) is 4.19. The number of rotatable bonds is 0. The molecule has 0 radical (unpaired) electrons. The van der Waals surface area contributed by atoms with Crippen molar-refractivity contribution in [1.29, 1.82) is 0 Å². The molecule has 0 fully saturated rings. The molecule has 0 amide bonds. The van der Waals surface area contributed by atoms with Gasteiger partial charge in [0.2, 0.25) is 0 Å². The van der Waals surface area contributed by atoms with E-state index >= 15 is 0 Å². The predicted molar refractivity (Wildman–Crippen MR) is 64.6 cm³/mol. The number of anilines is 1. The third kappa shape index (κ3) is 2.61. The second-order valence-corrected chi connectivity index (χ2v) is 4.76. The Morgan fingerprint density at radius 1 is 1.46 bits per heavy atom. The Kier molecular flexibility index (Phi) is 3.58. The molecule has 68 valence electrons. The first-order valence-corrected chi connectivity index (χ1v) is 7.11. The topological polar surface area (TPSA) is 26.0 Å². The van der Waals surface area contributed by atoms with Crippen LogP contribution < -0.4 is 5.73 Å². The molecule has 0 saturated heterocycles. The predicted octanol–water partition coefficient (Wildman–Crippen LogP) is 1.87. The third-order valence-corrected chi connectivity index (χ3v) is 3.12. The van der Waals surface area contributed by atoms with Crippen molar-refractivity contribution in [3.05, 3.63) is 27.7 Å². The molecule has 1 aromatic carbocycles. The van der Waals surface area contributed by atoms with Gasteiger partial charge in [-0.05, 0) is 24.6 Å². The van der Waals surface area contributed by atoms with Crippen LogP contribution >= 0.6 is 15.9 Å². The summed E-state index contributed by atoms with van der Waals surface area (Å²) in [5.74, 6) is 3.09. The Morgan fingerprint density at radius 3 is 2.77 bits per heavy atom. The molecule has 13 heavy (non-hydrogen) atoms. The Bertz CT molecular complexity index is 376. The molecule has 0 spiro atoms. The average Bonchev–Trinajstić information content (AvgIpc) is 2.09. The minimum absolute atomic E-state index is 0.200. The fraction of sp³-hybridized carbons (Fsp3) is 0.200. The van der Waals surface area contributed by atoms with Crippen molar-refractivity contribution in [2.45, 2.75) is 13.5 Å². The summed E-state index contributed by atoms with van der Waals surface area (Å²) in [7, 11) is -0.200. The lowest BCUT2D eigenvalue weighted by Gasteiger charge is -2.02. The van der Waals surface area contributed by atoms with Crippen LogP contribution in [-0.2, 0) is 0 Å². The molecular formula is C10H12BrNSi. The zero-order valence-electron chi connectivity index (χ0n) is 7.82. The average molecular weight is 254 g/mol. The van der Waals surface area contributed by atoms with E-state index in [1.54, 1.807) is 0 Å². The summed E-state index contributed by atoms with van der Waals surface area (Å²) >= 11 is 3.46. The Morgan fingerprint density at radius 2 is 2.15 bits per heavy atom. The molecule has 0 aliphatic heterocycles. The molecule has 0 aliphatic rings. The maximum atomic E-state index is 5.82. The van der Waals surface area contributed by atoms with Crippen LogP contribution in [0.25, 0.3) is 0 Å². The summed E-state index contributed by atoms with van der Waals surface area (Å²) < 4.78 is 1.07. The number of halogens is 1. The Hall–Kier alpha value is -0.723. The van der Waals surface area contributed by atoms with E-state index in [1.165, 1.54) is 0 Å². The largest absolute Gasteiger partial charge is 0.398 e. The molecule has 1 aromatic rings. The smallest absolute Gasteiger partial charge is 0.104 e. The number of hydrogen-bond acceptors (Lipinski definition) is 1. The second-order valence-electron chi connectivity index (χ2n) is 2.84. The van der Waals surface area contributed by atoms with Crippen LogP contribution in [0.4, 0.5) is 5.69 Å². The Labute approximate surface area is 89.7 Å². The van der Waals surface area contributed by atoms with Crippen LogP contribution in [0.15, 0.2) is 16.6 Å². The molecular weight excluding hydrogens is 242 g/mol. The first-order chi connectivity index (χ1) is 6.15. The van der Waals surface area contributed by atoms with Gasteiger partial charge < -0.3 is 5.73 Å². The monoisotopic (exact) mass is 253 g/mol. The lowest BCUT2D eigenvalue weighted by Crippen LogP contribution is -1.92. The number of benzene rings is 1. The van der Waals surface area contributed by atoms with Gasteiger partial charge in [-0.15, -0.1) is 5.54 Å². The molecule has 1 nitrogen and oxygen atoms in total. The highest BCUT2D eigenvalue weighted by Crippen LogP contribution is 2.22. The van der Waals surface area contributed by atoms with Gasteiger partial charge in [0.15, 0.2) is 0 Å². The van der Waals surface area contributed by atoms with Crippen molar-refractivity contribution in [2.75, 3.05) is 5.73 Å². The van der Waals surface area contributed by atoms with Crippen LogP contribution in [0.1, 0.15) is 11.1 Å². The SMILES string of the molecule is C[SiH2]C#Cc1cc(Br)c(C)cc1N. The summed E-state index contributed by atoms with van der Waals surface area (Å²) in [4.78, 5) is 0. The summed E-state index contributed by atoms with van der Waals surface area (Å²) in [6.45, 7) is 4.18. The maximum absolute atomic E-state index is 5.82. The van der Waals surface area contributed by atoms with Crippen LogP contribution in [0.2, 0.25) is 6.55 Å². The Balaban J connectivity index is 3.16. The molecule has 1 rings (SSSR count). The highest BCUT2D eigenvalue weighted by atomic mass is 79.9. The van der Waals surface area contributed by atoms with Crippen LogP contribution in [0.3, 0.4) is 0 Å². The van der Waals surface area contributed by atoms with E-state index < -0.39 is 0 Å². The number of nitrogens with two attached hydrogens (primary N) is 1. The van der Waals surface area contributed by atoms with Gasteiger partial charge in [-0.25, -0.2) is 0 Å². The van der Waals surface area contributed by atoms with E-state index in [-0.39, 0.29) is 9.52 Å². The van der Waals surface area contributed by atoms with Crippen molar-refractivity contribution < 1.29 is 0 Å². The standard InChI is InChI=1S/C10H12BrNSi/c1-7-5-10(12)8(3-4-13-2)6-9(7)11/h5-6H,12-13H2,1-2H3. The van der Waals surface area contributed by atoms with Crippen LogP contribution in [0, 0.1) is 18.4 Å². The molecule has 3 heteroatoms. The highest BCUT2D eigenvalue weighted by molar-refractivity contribution is 9.10. The van der Waals surface area contributed by atoms with Gasteiger partial charge in [0.05, 0.1) is 0 Å². The van der Waals surface area contributed by atoms with E-state index in [1.807, 2.05) is 19.1 Å². The molecule has 0 unspecified atom stereocenters. The van der Waals surface area contributed by atoms with Crippen molar-refractivity contribution in [2.24, 2.45) is 0 Å². The summed E-state index contributed by atoms with van der Waals surface area (Å²) in [6, 6.07) is 3.94. The lowest BCUT2D eigenvalue weighted by molar-refractivity contribution is 1.42. The molecule has 2 N–H and O–H groups in total. The summed E-state index contributed by atoms with van der Waals surface area (Å²) in [6.07, 6.45) is 0. The number of hydrogen-bond donors (Lipinski definition) is 1. The maximum Gasteiger partial charge on any atom is 0.104 e. The molecule has 0 heterocycles. The molecule has 0 saturated carbocycles. The van der Waals surface area contributed by atoms with Gasteiger partial charge in [-0.1, -0.05) is 28.4 Å². The van der Waals surface area contributed by atoms with Crippen molar-refractivity contribution in [1.82, 2.24) is 0 Å². The van der Waals surface area contributed by atoms with Gasteiger partial charge >= 0.3 is 0 Å². The van der Waals surface area contributed by atoms with E-state index in [0.29, 0.717) is 0 Å². The molecule has 0 atom stereocenters. The third-order valence-electron chi connectivity index (χ3n) is 1.73. The number of aryl methyl sites for hydroxylation is 1. The van der Waals surface area contributed by atoms with Gasteiger partial charge in [0.1, 0.15) is 9.52 Å². The van der Waals surface area contributed by atoms with E-state index in [9.17, 15) is 0 Å². The summed E-state index contributed by atoms with van der Waals surface area (Å²) in [5.41, 5.74) is 11.8. The normalized spacial score (nSPS) is 10.1. The lowest BCUT2D eigenvalue weighted by atomic mass is 10.1. The highest BCUT2D eigenvalue weighted by Gasteiger charge is 1.99. The summed E-state index contributed by atoms with van der Waals surface area (Å²) in [5, 5.41) is 0. The minimum Gasteiger partial charge on any atom is -0.398 e. The van der Waals surface area contributed by atoms with Crippen LogP contribution in [0.5, 0.6) is 0 Å². The van der Waals surface area contributed by atoms with Crippen molar-refractivity contribution in [3.63, 3.8) is 0 Å². The van der Waals surface area contributed by atoms with E-state index in [4.69, 9.17) is 5.73 Å². The quantitative estimate of drug-likeness (QED) is 0.427. The number of nitrogen functional groups attached to an aromatic ring is 1.